The van der Waals surface area contributed by atoms with Gasteiger partial charge in [-0.2, -0.15) is 0 Å². The second-order valence-corrected chi connectivity index (χ2v) is 11.2. The van der Waals surface area contributed by atoms with Gasteiger partial charge in [0.15, 0.2) is 0 Å². The van der Waals surface area contributed by atoms with E-state index in [1.807, 2.05) is 0 Å². The van der Waals surface area contributed by atoms with E-state index in [4.69, 9.17) is 0 Å². The van der Waals surface area contributed by atoms with Gasteiger partial charge in [0, 0.05) is 29.2 Å². The van der Waals surface area contributed by atoms with Gasteiger partial charge >= 0.3 is 0 Å². The van der Waals surface area contributed by atoms with Crippen molar-refractivity contribution in [2.24, 2.45) is 0 Å². The molecule has 0 spiro atoms. The highest BCUT2D eigenvalue weighted by Gasteiger charge is 2.33. The molecule has 4 heteroatoms. The molecule has 40 heavy (non-hydrogen) atoms. The third-order valence-corrected chi connectivity index (χ3v) is 7.82. The van der Waals surface area contributed by atoms with E-state index in [0.717, 1.165) is 39.8 Å². The highest BCUT2D eigenvalue weighted by Crippen LogP contribution is 2.35. The highest BCUT2D eigenvalue weighted by molar-refractivity contribution is 9.10. The largest absolute Gasteiger partial charge is 0.254 e. The molecule has 4 aromatic rings. The lowest BCUT2D eigenvalue weighted by molar-refractivity contribution is -0.430. The molecule has 0 saturated carbocycles. The minimum Gasteiger partial charge on any atom is -0.227 e. The zero-order chi connectivity index (χ0) is 28.4. The van der Waals surface area contributed by atoms with Gasteiger partial charge in [0.1, 0.15) is 30.3 Å². The van der Waals surface area contributed by atoms with Crippen LogP contribution in [-0.2, 0) is 0 Å². The van der Waals surface area contributed by atoms with Crippen LogP contribution in [0.3, 0.4) is 0 Å². The van der Waals surface area contributed by atoms with E-state index < -0.39 is 0 Å². The number of anilines is 1. The van der Waals surface area contributed by atoms with Crippen LogP contribution in [0.5, 0.6) is 0 Å². The minimum atomic E-state index is -0.252. The Morgan fingerprint density at radius 1 is 0.675 bits per heavy atom. The molecule has 0 bridgehead atoms. The first-order valence-corrected chi connectivity index (χ1v) is 14.1. The molecule has 0 aromatic heterocycles. The van der Waals surface area contributed by atoms with Crippen molar-refractivity contribution >= 4 is 33.1 Å². The number of hydrogen-bond acceptors (Lipinski definition) is 1. The third-order valence-electron chi connectivity index (χ3n) is 7.21. The van der Waals surface area contributed by atoms with Crippen molar-refractivity contribution in [3.63, 3.8) is 0 Å². The molecule has 2 nitrogen and oxygen atoms in total. The predicted octanol–water partition coefficient (Wildman–Crippen LogP) is 8.20. The summed E-state index contributed by atoms with van der Waals surface area (Å²) in [6.07, 6.45) is 0. The molecule has 4 aromatic carbocycles. The number of hydrogen-bond donors (Lipinski definition) is 0. The number of rotatable bonds is 2. The van der Waals surface area contributed by atoms with E-state index in [0.29, 0.717) is 0 Å². The van der Waals surface area contributed by atoms with Gasteiger partial charge in [0.2, 0.25) is 0 Å². The average Bonchev–Trinajstić information content (AvgIpc) is 3.27. The van der Waals surface area contributed by atoms with Crippen LogP contribution in [0.1, 0.15) is 51.4 Å². The molecule has 1 aliphatic heterocycles. The second-order valence-electron chi connectivity index (χ2n) is 10.3. The van der Waals surface area contributed by atoms with Crippen LogP contribution in [-0.4, -0.2) is 23.5 Å². The Morgan fingerprint density at radius 2 is 1.18 bits per heavy atom. The summed E-state index contributed by atoms with van der Waals surface area (Å²) < 4.78 is 16.7. The van der Waals surface area contributed by atoms with Crippen molar-refractivity contribution < 1.29 is 8.97 Å². The zero-order valence-electron chi connectivity index (χ0n) is 23.5. The lowest BCUT2D eigenvalue weighted by Gasteiger charge is -2.16. The predicted molar refractivity (Wildman–Crippen MR) is 167 cm³/mol. The van der Waals surface area contributed by atoms with Crippen LogP contribution in [0, 0.1) is 57.2 Å². The molecule has 0 amide bonds. The van der Waals surface area contributed by atoms with E-state index in [9.17, 15) is 4.39 Å². The second kappa shape index (κ2) is 11.5. The molecule has 0 unspecified atom stereocenters. The van der Waals surface area contributed by atoms with Crippen molar-refractivity contribution in [3.05, 3.63) is 128 Å². The van der Waals surface area contributed by atoms with Gasteiger partial charge in [-0.3, -0.25) is 0 Å². The van der Waals surface area contributed by atoms with Gasteiger partial charge in [-0.1, -0.05) is 41.4 Å². The van der Waals surface area contributed by atoms with Crippen LogP contribution < -0.4 is 4.90 Å². The smallest absolute Gasteiger partial charge is 0.227 e. The highest BCUT2D eigenvalue weighted by atomic mass is 79.9. The van der Waals surface area contributed by atoms with E-state index in [-0.39, 0.29) is 5.82 Å². The van der Waals surface area contributed by atoms with E-state index in [2.05, 4.69) is 132 Å². The van der Waals surface area contributed by atoms with E-state index in [1.54, 1.807) is 12.1 Å². The molecule has 198 valence electrons. The maximum atomic E-state index is 13.2. The molecule has 5 rings (SSSR count). The Kier molecular flexibility index (Phi) is 7.92. The number of amidine groups is 1. The molecule has 0 radical (unpaired) electrons. The maximum absolute atomic E-state index is 13.2. The normalized spacial score (nSPS) is 12.6. The van der Waals surface area contributed by atoms with Crippen LogP contribution in [0.15, 0.2) is 77.3 Å². The fraction of sp³-hybridized carbons (Fsp3) is 0.194. The van der Waals surface area contributed by atoms with Crippen LogP contribution >= 0.6 is 15.9 Å². The van der Waals surface area contributed by atoms with Crippen LogP contribution in [0.25, 0.3) is 0 Å². The Hall–Kier alpha value is -4.12. The maximum Gasteiger partial charge on any atom is 0.254 e. The molecule has 1 heterocycles. The monoisotopic (exact) mass is 589 g/mol. The summed E-state index contributed by atoms with van der Waals surface area (Å²) in [5.41, 5.74) is 10.9. The van der Waals surface area contributed by atoms with Crippen molar-refractivity contribution in [2.75, 3.05) is 18.0 Å². The molecule has 0 fully saturated rings. The van der Waals surface area contributed by atoms with Gasteiger partial charge in [0.05, 0.1) is 4.47 Å². The summed E-state index contributed by atoms with van der Waals surface area (Å²) in [6.45, 7) is 12.5. The first-order chi connectivity index (χ1) is 19.2. The SMILES string of the molecule is CC1=[N+](c2c(C)cc(C#Cc3ccc(F)cc3)cc2C)CCN1c1c(C)cc(C#Cc2ccc(C)cc2)cc1Br. The standard InChI is InChI=1S/C36H31BrFN2/c1-24-6-8-29(9-7-24)11-13-32-22-27(4)36(34(37)23-32)40-19-18-39(28(40)5)35-25(2)20-31(21-26(35)3)12-10-30-14-16-33(38)17-15-30/h6-9,14-17,20-23H,18-19H2,1-5H3/q+1. The Balaban J connectivity index is 1.43. The first kappa shape index (κ1) is 27.4. The Morgan fingerprint density at radius 3 is 1.75 bits per heavy atom. The fourth-order valence-electron chi connectivity index (χ4n) is 5.28. The van der Waals surface area contributed by atoms with Crippen molar-refractivity contribution in [2.45, 2.75) is 34.6 Å². The number of nitrogens with zero attached hydrogens (tertiary/aromatic N) is 2. The molecule has 0 atom stereocenters. The van der Waals surface area contributed by atoms with Crippen LogP contribution in [0.2, 0.25) is 0 Å². The molecule has 0 aliphatic carbocycles. The van der Waals surface area contributed by atoms with E-state index in [1.165, 1.54) is 51.6 Å². The topological polar surface area (TPSA) is 6.25 Å². The third kappa shape index (κ3) is 5.89. The molecular weight excluding hydrogens is 559 g/mol. The molecule has 0 saturated heterocycles. The number of aryl methyl sites for hydroxylation is 4. The summed E-state index contributed by atoms with van der Waals surface area (Å²) in [6, 6.07) is 23.1. The molecule has 1 aliphatic rings. The van der Waals surface area contributed by atoms with Crippen LogP contribution in [0.4, 0.5) is 15.8 Å². The summed E-state index contributed by atoms with van der Waals surface area (Å²) in [4.78, 5) is 2.39. The summed E-state index contributed by atoms with van der Waals surface area (Å²) >= 11 is 3.85. The van der Waals surface area contributed by atoms with Crippen molar-refractivity contribution in [1.82, 2.24) is 0 Å². The lowest BCUT2D eigenvalue weighted by atomic mass is 10.0. The fourth-order valence-corrected chi connectivity index (χ4v) is 6.05. The first-order valence-electron chi connectivity index (χ1n) is 13.4. The number of halogens is 2. The van der Waals surface area contributed by atoms with Crippen molar-refractivity contribution in [1.29, 1.82) is 0 Å². The van der Waals surface area contributed by atoms with Crippen molar-refractivity contribution in [3.8, 4) is 23.7 Å². The van der Waals surface area contributed by atoms with E-state index >= 15 is 0 Å². The minimum absolute atomic E-state index is 0.252. The van der Waals surface area contributed by atoms with Gasteiger partial charge in [-0.25, -0.2) is 13.9 Å². The lowest BCUT2D eigenvalue weighted by Crippen LogP contribution is -2.27. The molecule has 0 N–H and O–H groups in total. The number of benzene rings is 4. The van der Waals surface area contributed by atoms with Gasteiger partial charge in [0.25, 0.3) is 5.84 Å². The van der Waals surface area contributed by atoms with Gasteiger partial charge in [-0.05, 0) is 121 Å². The average molecular weight is 591 g/mol. The van der Waals surface area contributed by atoms with Gasteiger partial charge in [-0.15, -0.1) is 0 Å². The molecular formula is C36H31BrFN2+. The zero-order valence-corrected chi connectivity index (χ0v) is 25.1. The summed E-state index contributed by atoms with van der Waals surface area (Å²) in [7, 11) is 0. The van der Waals surface area contributed by atoms with Gasteiger partial charge < -0.3 is 0 Å². The Bertz CT molecular complexity index is 1710. The Labute approximate surface area is 245 Å². The summed E-state index contributed by atoms with van der Waals surface area (Å²) in [5, 5.41) is 0. The summed E-state index contributed by atoms with van der Waals surface area (Å²) in [5.74, 6) is 13.9. The quantitative estimate of drug-likeness (QED) is 0.169.